The summed E-state index contributed by atoms with van der Waals surface area (Å²) >= 11 is 8.55. The summed E-state index contributed by atoms with van der Waals surface area (Å²) in [7, 11) is 0. The van der Waals surface area contributed by atoms with Gasteiger partial charge in [-0.15, -0.1) is 0 Å². The summed E-state index contributed by atoms with van der Waals surface area (Å²) in [5.41, 5.74) is -0.0185. The molecular formula is C8H7BrClFO2. The van der Waals surface area contributed by atoms with Gasteiger partial charge in [0.15, 0.2) is 0 Å². The van der Waals surface area contributed by atoms with Crippen LogP contribution < -0.4 is 0 Å². The highest BCUT2D eigenvalue weighted by Gasteiger charge is 2.17. The predicted octanol–water partition coefficient (Wildman–Crippen LogP) is 2.27. The first-order valence-corrected chi connectivity index (χ1v) is 4.67. The minimum atomic E-state index is -1.26. The van der Waals surface area contributed by atoms with Gasteiger partial charge in [0.2, 0.25) is 0 Å². The van der Waals surface area contributed by atoms with E-state index in [-0.39, 0.29) is 10.6 Å². The fraction of sp³-hybridized carbons (Fsp3) is 0.250. The standard InChI is InChI=1S/C8H7BrClFO2/c9-4-1-2-5(10)8(11)7(4)6(13)3-12/h1-2,6,12-13H,3H2. The SMILES string of the molecule is OCC(O)c1c(Br)ccc(Cl)c1F. The van der Waals surface area contributed by atoms with E-state index in [0.717, 1.165) is 0 Å². The fourth-order valence-corrected chi connectivity index (χ4v) is 1.67. The van der Waals surface area contributed by atoms with Crippen molar-refractivity contribution >= 4 is 27.5 Å². The Kier molecular flexibility index (Phi) is 3.67. The highest BCUT2D eigenvalue weighted by molar-refractivity contribution is 9.10. The molecule has 0 saturated heterocycles. The van der Waals surface area contributed by atoms with E-state index < -0.39 is 18.5 Å². The number of aliphatic hydroxyl groups is 2. The first-order chi connectivity index (χ1) is 6.07. The lowest BCUT2D eigenvalue weighted by Crippen LogP contribution is -2.06. The first-order valence-electron chi connectivity index (χ1n) is 3.50. The van der Waals surface area contributed by atoms with E-state index in [9.17, 15) is 9.50 Å². The van der Waals surface area contributed by atoms with E-state index in [1.54, 1.807) is 0 Å². The quantitative estimate of drug-likeness (QED) is 0.809. The normalized spacial score (nSPS) is 13.0. The second-order valence-corrected chi connectivity index (χ2v) is 3.72. The van der Waals surface area contributed by atoms with Crippen molar-refractivity contribution in [2.24, 2.45) is 0 Å². The molecule has 5 heteroatoms. The zero-order chi connectivity index (χ0) is 10.0. The van der Waals surface area contributed by atoms with Crippen LogP contribution >= 0.6 is 27.5 Å². The van der Waals surface area contributed by atoms with Crippen LogP contribution in [0.25, 0.3) is 0 Å². The molecule has 72 valence electrons. The molecule has 0 bridgehead atoms. The molecule has 1 aromatic carbocycles. The molecule has 2 nitrogen and oxygen atoms in total. The third kappa shape index (κ3) is 2.20. The van der Waals surface area contributed by atoms with Crippen LogP contribution in [0.3, 0.4) is 0 Å². The lowest BCUT2D eigenvalue weighted by Gasteiger charge is -2.11. The number of aliphatic hydroxyl groups excluding tert-OH is 2. The zero-order valence-electron chi connectivity index (χ0n) is 6.47. The van der Waals surface area contributed by atoms with Gasteiger partial charge in [-0.25, -0.2) is 4.39 Å². The van der Waals surface area contributed by atoms with Crippen LogP contribution in [-0.2, 0) is 0 Å². The van der Waals surface area contributed by atoms with Gasteiger partial charge in [-0.05, 0) is 12.1 Å². The summed E-state index contributed by atoms with van der Waals surface area (Å²) < 4.78 is 13.7. The molecule has 0 spiro atoms. The minimum absolute atomic E-state index is 0.0185. The second-order valence-electron chi connectivity index (χ2n) is 2.46. The van der Waals surface area contributed by atoms with E-state index in [4.69, 9.17) is 16.7 Å². The molecule has 0 aliphatic carbocycles. The zero-order valence-corrected chi connectivity index (χ0v) is 8.81. The Labute approximate surface area is 88.1 Å². The van der Waals surface area contributed by atoms with Gasteiger partial charge in [-0.1, -0.05) is 27.5 Å². The van der Waals surface area contributed by atoms with Crippen molar-refractivity contribution in [2.75, 3.05) is 6.61 Å². The maximum atomic E-state index is 13.3. The van der Waals surface area contributed by atoms with E-state index in [2.05, 4.69) is 15.9 Å². The van der Waals surface area contributed by atoms with Crippen LogP contribution in [0.5, 0.6) is 0 Å². The Hall–Kier alpha value is -0.160. The van der Waals surface area contributed by atoms with E-state index in [1.807, 2.05) is 0 Å². The highest BCUT2D eigenvalue weighted by atomic mass is 79.9. The molecule has 1 rings (SSSR count). The topological polar surface area (TPSA) is 40.5 Å². The Morgan fingerprint density at radius 1 is 1.54 bits per heavy atom. The molecule has 0 aromatic heterocycles. The first kappa shape index (κ1) is 10.9. The predicted molar refractivity (Wildman–Crippen MR) is 51.2 cm³/mol. The molecule has 0 aliphatic rings. The highest BCUT2D eigenvalue weighted by Crippen LogP contribution is 2.30. The van der Waals surface area contributed by atoms with Gasteiger partial charge in [-0.2, -0.15) is 0 Å². The summed E-state index contributed by atoms with van der Waals surface area (Å²) in [6.07, 6.45) is -1.26. The van der Waals surface area contributed by atoms with E-state index in [1.165, 1.54) is 12.1 Å². The van der Waals surface area contributed by atoms with E-state index >= 15 is 0 Å². The molecule has 1 unspecified atom stereocenters. The van der Waals surface area contributed by atoms with E-state index in [0.29, 0.717) is 4.47 Å². The second kappa shape index (κ2) is 4.37. The summed E-state index contributed by atoms with van der Waals surface area (Å²) in [6.45, 7) is -0.546. The molecule has 0 fully saturated rings. The third-order valence-electron chi connectivity index (χ3n) is 1.59. The van der Waals surface area contributed by atoms with Crippen molar-refractivity contribution in [1.82, 2.24) is 0 Å². The van der Waals surface area contributed by atoms with Crippen LogP contribution in [0.1, 0.15) is 11.7 Å². The maximum absolute atomic E-state index is 13.3. The average molecular weight is 269 g/mol. The number of benzene rings is 1. The number of halogens is 3. The molecule has 1 atom stereocenters. The fourth-order valence-electron chi connectivity index (χ4n) is 0.939. The van der Waals surface area contributed by atoms with Crippen LogP contribution in [0.15, 0.2) is 16.6 Å². The van der Waals surface area contributed by atoms with Gasteiger partial charge in [0.05, 0.1) is 11.6 Å². The molecule has 2 N–H and O–H groups in total. The smallest absolute Gasteiger partial charge is 0.148 e. The largest absolute Gasteiger partial charge is 0.393 e. The summed E-state index contributed by atoms with van der Waals surface area (Å²) in [4.78, 5) is 0. The molecule has 0 saturated carbocycles. The number of hydrogen-bond acceptors (Lipinski definition) is 2. The summed E-state index contributed by atoms with van der Waals surface area (Å²) in [5.74, 6) is -0.711. The van der Waals surface area contributed by atoms with Crippen LogP contribution in [0.4, 0.5) is 4.39 Å². The van der Waals surface area contributed by atoms with Gasteiger partial charge < -0.3 is 10.2 Å². The number of hydrogen-bond donors (Lipinski definition) is 2. The molecule has 13 heavy (non-hydrogen) atoms. The van der Waals surface area contributed by atoms with Crippen molar-refractivity contribution in [3.63, 3.8) is 0 Å². The van der Waals surface area contributed by atoms with Crippen LogP contribution in [-0.4, -0.2) is 16.8 Å². The van der Waals surface area contributed by atoms with Gasteiger partial charge in [0.25, 0.3) is 0 Å². The molecular weight excluding hydrogens is 262 g/mol. The van der Waals surface area contributed by atoms with Gasteiger partial charge in [0, 0.05) is 10.0 Å². The van der Waals surface area contributed by atoms with Crippen molar-refractivity contribution in [2.45, 2.75) is 6.10 Å². The Morgan fingerprint density at radius 2 is 2.15 bits per heavy atom. The maximum Gasteiger partial charge on any atom is 0.148 e. The molecule has 0 heterocycles. The minimum Gasteiger partial charge on any atom is -0.393 e. The Morgan fingerprint density at radius 3 is 2.69 bits per heavy atom. The third-order valence-corrected chi connectivity index (χ3v) is 2.57. The summed E-state index contributed by atoms with van der Waals surface area (Å²) in [5, 5.41) is 17.8. The van der Waals surface area contributed by atoms with Crippen molar-refractivity contribution in [1.29, 1.82) is 0 Å². The Bertz CT molecular complexity index is 319. The molecule has 0 amide bonds. The van der Waals surface area contributed by atoms with Crippen molar-refractivity contribution in [3.8, 4) is 0 Å². The molecule has 0 radical (unpaired) electrons. The van der Waals surface area contributed by atoms with Crippen LogP contribution in [0, 0.1) is 5.82 Å². The number of rotatable bonds is 2. The van der Waals surface area contributed by atoms with Crippen molar-refractivity contribution in [3.05, 3.63) is 33.0 Å². The lowest BCUT2D eigenvalue weighted by molar-refractivity contribution is 0.0920. The van der Waals surface area contributed by atoms with Gasteiger partial charge >= 0.3 is 0 Å². The summed E-state index contributed by atoms with van der Waals surface area (Å²) in [6, 6.07) is 2.88. The Balaban J connectivity index is 3.25. The van der Waals surface area contributed by atoms with Gasteiger partial charge in [0.1, 0.15) is 11.9 Å². The van der Waals surface area contributed by atoms with Crippen molar-refractivity contribution < 1.29 is 14.6 Å². The monoisotopic (exact) mass is 268 g/mol. The molecule has 0 aliphatic heterocycles. The lowest BCUT2D eigenvalue weighted by atomic mass is 10.1. The van der Waals surface area contributed by atoms with Gasteiger partial charge in [-0.3, -0.25) is 0 Å². The molecule has 1 aromatic rings. The van der Waals surface area contributed by atoms with Crippen LogP contribution in [0.2, 0.25) is 5.02 Å². The average Bonchev–Trinajstić information content (AvgIpc) is 2.12.